The second-order valence-corrected chi connectivity index (χ2v) is 12.4. The molecule has 0 saturated heterocycles. The minimum atomic E-state index is -0.964. The standard InChI is InChI=1S/2C15H13FO5S/c2*1-20-9-5-10-8(12(16)14(9)21-2)4-11(22-10)13(17)6-3-7(6)15(18)19/h2*4-7H,3H2,1-2H3,(H,18,19)/t2*6-,7+/m10/s1. The van der Waals surface area contributed by atoms with Crippen molar-refractivity contribution in [2.75, 3.05) is 28.4 Å². The lowest BCUT2D eigenvalue weighted by Crippen LogP contribution is -2.06. The molecule has 2 N–H and O–H groups in total. The van der Waals surface area contributed by atoms with Gasteiger partial charge in [-0.25, -0.2) is 8.78 Å². The van der Waals surface area contributed by atoms with Gasteiger partial charge in [-0.3, -0.25) is 19.2 Å². The Hall–Kier alpha value is -4.30. The number of methoxy groups -OCH3 is 4. The Morgan fingerprint density at radius 3 is 1.27 bits per heavy atom. The summed E-state index contributed by atoms with van der Waals surface area (Å²) in [5.74, 6) is -5.35. The zero-order chi connectivity index (χ0) is 32.0. The molecule has 2 fully saturated rings. The molecule has 2 saturated carbocycles. The highest BCUT2D eigenvalue weighted by Gasteiger charge is 2.49. The average molecular weight is 649 g/mol. The van der Waals surface area contributed by atoms with Gasteiger partial charge in [0.1, 0.15) is 0 Å². The van der Waals surface area contributed by atoms with Crippen LogP contribution in [0.2, 0.25) is 0 Å². The van der Waals surface area contributed by atoms with E-state index in [1.807, 2.05) is 0 Å². The Bertz CT molecular complexity index is 1700. The van der Waals surface area contributed by atoms with Crippen LogP contribution in [0.15, 0.2) is 24.3 Å². The quantitative estimate of drug-likeness (QED) is 0.199. The molecule has 0 amide bonds. The number of carboxylic acids is 2. The van der Waals surface area contributed by atoms with Gasteiger partial charge in [-0.15, -0.1) is 22.7 Å². The van der Waals surface area contributed by atoms with Crippen LogP contribution in [0.5, 0.6) is 23.0 Å². The van der Waals surface area contributed by atoms with Gasteiger partial charge in [-0.1, -0.05) is 0 Å². The molecule has 10 nitrogen and oxygen atoms in total. The number of carbonyl (C=O) groups is 4. The molecule has 44 heavy (non-hydrogen) atoms. The van der Waals surface area contributed by atoms with Crippen molar-refractivity contribution in [3.8, 4) is 23.0 Å². The first-order chi connectivity index (χ1) is 20.9. The normalized spacial score (nSPS) is 20.0. The maximum atomic E-state index is 14.4. The second-order valence-electron chi connectivity index (χ2n) is 10.2. The predicted molar refractivity (Wildman–Crippen MR) is 157 cm³/mol. The lowest BCUT2D eigenvalue weighted by Gasteiger charge is -2.08. The number of fused-ring (bicyclic) bond motifs is 2. The summed E-state index contributed by atoms with van der Waals surface area (Å²) in [6, 6.07) is 6.13. The third kappa shape index (κ3) is 5.54. The molecule has 6 rings (SSSR count). The molecule has 2 aliphatic rings. The molecule has 0 spiro atoms. The van der Waals surface area contributed by atoms with E-state index < -0.39 is 47.2 Å². The second kappa shape index (κ2) is 12.0. The predicted octanol–water partition coefficient (Wildman–Crippen LogP) is 5.92. The number of carbonyl (C=O) groups excluding carboxylic acids is 2. The topological polar surface area (TPSA) is 146 Å². The molecule has 2 aliphatic carbocycles. The van der Waals surface area contributed by atoms with Crippen LogP contribution in [-0.4, -0.2) is 62.2 Å². The Balaban J connectivity index is 0.000000175. The fourth-order valence-electron chi connectivity index (χ4n) is 5.01. The number of hydrogen-bond acceptors (Lipinski definition) is 10. The van der Waals surface area contributed by atoms with E-state index >= 15 is 0 Å². The number of hydrogen-bond donors (Lipinski definition) is 2. The van der Waals surface area contributed by atoms with Gasteiger partial charge in [-0.05, 0) is 25.0 Å². The first-order valence-electron chi connectivity index (χ1n) is 13.2. The summed E-state index contributed by atoms with van der Waals surface area (Å²) in [4.78, 5) is 47.0. The SMILES string of the molecule is COc1cc2sc(C(=O)[C@@H]3C[C@@H]3C(=O)O)cc2c(F)c1OC.COc1cc2sc(C(=O)[C@H]3C[C@H]3C(=O)O)cc2c(F)c1OC. The third-order valence-corrected chi connectivity index (χ3v) is 9.78. The third-order valence-electron chi connectivity index (χ3n) is 7.59. The van der Waals surface area contributed by atoms with Crippen molar-refractivity contribution in [1.29, 1.82) is 0 Å². The summed E-state index contributed by atoms with van der Waals surface area (Å²) in [6.45, 7) is 0. The molecule has 0 aliphatic heterocycles. The summed E-state index contributed by atoms with van der Waals surface area (Å²) in [7, 11) is 5.49. The summed E-state index contributed by atoms with van der Waals surface area (Å²) >= 11 is 2.26. The number of carboxylic acid groups (broad SMARTS) is 2. The average Bonchev–Trinajstić information content (AvgIpc) is 3.90. The molecule has 2 aromatic carbocycles. The van der Waals surface area contributed by atoms with Gasteiger partial charge in [0, 0.05) is 44.1 Å². The van der Waals surface area contributed by atoms with Crippen LogP contribution >= 0.6 is 22.7 Å². The highest BCUT2D eigenvalue weighted by molar-refractivity contribution is 7.21. The van der Waals surface area contributed by atoms with E-state index in [0.717, 1.165) is 22.7 Å². The van der Waals surface area contributed by atoms with Crippen LogP contribution in [0.25, 0.3) is 20.2 Å². The first kappa shape index (κ1) is 31.1. The monoisotopic (exact) mass is 648 g/mol. The Morgan fingerprint density at radius 2 is 1.00 bits per heavy atom. The van der Waals surface area contributed by atoms with Crippen molar-refractivity contribution in [2.45, 2.75) is 12.8 Å². The zero-order valence-corrected chi connectivity index (χ0v) is 25.4. The van der Waals surface area contributed by atoms with Crippen LogP contribution in [0.4, 0.5) is 8.78 Å². The molecule has 2 heterocycles. The number of aliphatic carboxylic acids is 2. The minimum Gasteiger partial charge on any atom is -0.493 e. The number of halogens is 2. The zero-order valence-electron chi connectivity index (χ0n) is 23.8. The molecule has 0 unspecified atom stereocenters. The highest BCUT2D eigenvalue weighted by atomic mass is 32.1. The van der Waals surface area contributed by atoms with Crippen LogP contribution < -0.4 is 18.9 Å². The number of thiophene rings is 2. The Morgan fingerprint density at radius 1 is 0.636 bits per heavy atom. The van der Waals surface area contributed by atoms with Crippen molar-refractivity contribution in [1.82, 2.24) is 0 Å². The number of ether oxygens (including phenoxy) is 4. The van der Waals surface area contributed by atoms with Crippen molar-refractivity contribution in [3.05, 3.63) is 45.7 Å². The summed E-state index contributed by atoms with van der Waals surface area (Å²) < 4.78 is 50.1. The van der Waals surface area contributed by atoms with E-state index in [1.165, 1.54) is 40.6 Å². The van der Waals surface area contributed by atoms with Crippen LogP contribution in [0.1, 0.15) is 32.2 Å². The molecular weight excluding hydrogens is 622 g/mol. The molecule has 14 heteroatoms. The number of rotatable bonds is 10. The van der Waals surface area contributed by atoms with E-state index in [9.17, 15) is 28.0 Å². The van der Waals surface area contributed by atoms with E-state index in [-0.39, 0.29) is 45.3 Å². The molecule has 2 aromatic heterocycles. The number of Topliss-reactive ketones (excluding diaryl/α,β-unsaturated/α-hetero) is 2. The van der Waals surface area contributed by atoms with Crippen molar-refractivity contribution in [3.63, 3.8) is 0 Å². The lowest BCUT2D eigenvalue weighted by molar-refractivity contribution is -0.139. The Labute approximate surface area is 256 Å². The Kier molecular flexibility index (Phi) is 8.49. The van der Waals surface area contributed by atoms with Crippen molar-refractivity contribution < 1.29 is 57.1 Å². The van der Waals surface area contributed by atoms with Crippen molar-refractivity contribution >= 4 is 66.4 Å². The summed E-state index contributed by atoms with van der Waals surface area (Å²) in [5.41, 5.74) is 0. The van der Waals surface area contributed by atoms with E-state index in [0.29, 0.717) is 32.0 Å². The molecular formula is C30H26F2O10S2. The molecule has 0 radical (unpaired) electrons. The largest absolute Gasteiger partial charge is 0.493 e. The van der Waals surface area contributed by atoms with E-state index in [1.54, 1.807) is 12.1 Å². The molecule has 4 atom stereocenters. The summed E-state index contributed by atoms with van der Waals surface area (Å²) in [6.07, 6.45) is 0.690. The van der Waals surface area contributed by atoms with Gasteiger partial charge < -0.3 is 29.2 Å². The molecule has 232 valence electrons. The smallest absolute Gasteiger partial charge is 0.307 e. The first-order valence-corrected chi connectivity index (χ1v) is 14.8. The van der Waals surface area contributed by atoms with Crippen LogP contribution in [0, 0.1) is 35.3 Å². The van der Waals surface area contributed by atoms with Gasteiger partial charge in [0.15, 0.2) is 46.2 Å². The van der Waals surface area contributed by atoms with Crippen LogP contribution in [0.3, 0.4) is 0 Å². The van der Waals surface area contributed by atoms with Crippen molar-refractivity contribution in [2.24, 2.45) is 23.7 Å². The summed E-state index contributed by atoms with van der Waals surface area (Å²) in [5, 5.41) is 18.3. The van der Waals surface area contributed by atoms with Gasteiger partial charge in [-0.2, -0.15) is 0 Å². The van der Waals surface area contributed by atoms with Gasteiger partial charge >= 0.3 is 11.9 Å². The number of benzene rings is 2. The molecule has 4 aromatic rings. The maximum Gasteiger partial charge on any atom is 0.307 e. The fraction of sp³-hybridized carbons (Fsp3) is 0.333. The highest BCUT2D eigenvalue weighted by Crippen LogP contribution is 2.46. The maximum absolute atomic E-state index is 14.4. The van der Waals surface area contributed by atoms with Gasteiger partial charge in [0.25, 0.3) is 0 Å². The number of ketones is 2. The van der Waals surface area contributed by atoms with Gasteiger partial charge in [0.05, 0.1) is 50.0 Å². The van der Waals surface area contributed by atoms with E-state index in [4.69, 9.17) is 29.2 Å². The minimum absolute atomic E-state index is 0.0124. The van der Waals surface area contributed by atoms with Gasteiger partial charge in [0.2, 0.25) is 0 Å². The fourth-order valence-corrected chi connectivity index (χ4v) is 7.19. The molecule has 0 bridgehead atoms. The lowest BCUT2D eigenvalue weighted by atomic mass is 10.1. The van der Waals surface area contributed by atoms with E-state index in [2.05, 4.69) is 0 Å². The van der Waals surface area contributed by atoms with Crippen LogP contribution in [-0.2, 0) is 9.59 Å².